The topological polar surface area (TPSA) is 70.8 Å². The number of nitrogens with two attached hydrogens (primary N) is 1. The van der Waals surface area contributed by atoms with E-state index in [9.17, 15) is 0 Å². The molecule has 0 saturated carbocycles. The Bertz CT molecular complexity index is 906. The van der Waals surface area contributed by atoms with Gasteiger partial charge >= 0.3 is 0 Å². The van der Waals surface area contributed by atoms with Gasteiger partial charge in [0.25, 0.3) is 0 Å². The Kier molecular flexibility index (Phi) is 4.41. The van der Waals surface area contributed by atoms with E-state index in [0.29, 0.717) is 6.54 Å². The second-order valence-corrected chi connectivity index (χ2v) is 7.90. The van der Waals surface area contributed by atoms with Crippen LogP contribution in [-0.4, -0.2) is 34.8 Å². The minimum Gasteiger partial charge on any atom is -0.372 e. The summed E-state index contributed by atoms with van der Waals surface area (Å²) in [5.41, 5.74) is 11.8. The standard InChI is InChI=1S/C21H27N5/c1-21(2,14-22)16-10-15(11-17(12-16)26-8-4-3-5-9-26)18-6-7-23-20-19(18)13-24-25-20/h6-7,10-13H,3-5,8-9,14,22H2,1-2H3,(H,23,24,25). The zero-order valence-electron chi connectivity index (χ0n) is 15.6. The maximum Gasteiger partial charge on any atom is 0.155 e. The first-order valence-electron chi connectivity index (χ1n) is 9.47. The number of benzene rings is 1. The van der Waals surface area contributed by atoms with Crippen molar-refractivity contribution in [1.29, 1.82) is 0 Å². The van der Waals surface area contributed by atoms with E-state index < -0.39 is 0 Å². The minimum absolute atomic E-state index is 0.0664. The highest BCUT2D eigenvalue weighted by Crippen LogP contribution is 2.35. The molecule has 0 aliphatic carbocycles. The van der Waals surface area contributed by atoms with E-state index in [2.05, 4.69) is 58.2 Å². The van der Waals surface area contributed by atoms with Crippen molar-refractivity contribution in [1.82, 2.24) is 15.2 Å². The molecule has 136 valence electrons. The molecule has 5 heteroatoms. The largest absolute Gasteiger partial charge is 0.372 e. The van der Waals surface area contributed by atoms with Crippen LogP contribution in [0.3, 0.4) is 0 Å². The Morgan fingerprint density at radius 1 is 1.15 bits per heavy atom. The monoisotopic (exact) mass is 349 g/mol. The average Bonchev–Trinajstić information content (AvgIpc) is 3.17. The molecule has 4 rings (SSSR count). The fourth-order valence-corrected chi connectivity index (χ4v) is 3.71. The second-order valence-electron chi connectivity index (χ2n) is 7.90. The number of pyridine rings is 1. The molecule has 0 radical (unpaired) electrons. The Labute approximate surface area is 154 Å². The summed E-state index contributed by atoms with van der Waals surface area (Å²) in [4.78, 5) is 6.89. The van der Waals surface area contributed by atoms with E-state index >= 15 is 0 Å². The molecule has 0 atom stereocenters. The Balaban J connectivity index is 1.88. The Hall–Kier alpha value is -2.40. The van der Waals surface area contributed by atoms with Gasteiger partial charge in [0.05, 0.1) is 6.20 Å². The van der Waals surface area contributed by atoms with Gasteiger partial charge in [-0.15, -0.1) is 0 Å². The van der Waals surface area contributed by atoms with Gasteiger partial charge in [-0.3, -0.25) is 5.10 Å². The van der Waals surface area contributed by atoms with Gasteiger partial charge < -0.3 is 10.6 Å². The molecule has 1 saturated heterocycles. The van der Waals surface area contributed by atoms with Crippen molar-refractivity contribution in [2.75, 3.05) is 24.5 Å². The molecule has 0 unspecified atom stereocenters. The summed E-state index contributed by atoms with van der Waals surface area (Å²) in [5.74, 6) is 0. The molecule has 0 bridgehead atoms. The summed E-state index contributed by atoms with van der Waals surface area (Å²) in [6, 6.07) is 8.99. The van der Waals surface area contributed by atoms with Crippen molar-refractivity contribution in [3.05, 3.63) is 42.2 Å². The highest BCUT2D eigenvalue weighted by atomic mass is 15.1. The molecule has 26 heavy (non-hydrogen) atoms. The molecular weight excluding hydrogens is 322 g/mol. The summed E-state index contributed by atoms with van der Waals surface area (Å²) in [5, 5.41) is 8.20. The van der Waals surface area contributed by atoms with E-state index in [1.807, 2.05) is 12.4 Å². The molecule has 5 nitrogen and oxygen atoms in total. The zero-order valence-corrected chi connectivity index (χ0v) is 15.6. The van der Waals surface area contributed by atoms with E-state index in [4.69, 9.17) is 5.73 Å². The van der Waals surface area contributed by atoms with Crippen molar-refractivity contribution in [3.63, 3.8) is 0 Å². The first-order valence-corrected chi connectivity index (χ1v) is 9.47. The van der Waals surface area contributed by atoms with Crippen molar-refractivity contribution in [3.8, 4) is 11.1 Å². The molecule has 3 N–H and O–H groups in total. The van der Waals surface area contributed by atoms with Gasteiger partial charge in [-0.1, -0.05) is 19.9 Å². The fraction of sp³-hybridized carbons (Fsp3) is 0.429. The molecule has 1 aliphatic rings. The highest BCUT2D eigenvalue weighted by Gasteiger charge is 2.22. The number of rotatable bonds is 4. The molecule has 1 fully saturated rings. The van der Waals surface area contributed by atoms with E-state index in [0.717, 1.165) is 29.7 Å². The molecule has 0 spiro atoms. The summed E-state index contributed by atoms with van der Waals surface area (Å²) in [6.07, 6.45) is 7.57. The second kappa shape index (κ2) is 6.72. The van der Waals surface area contributed by atoms with Gasteiger partial charge in [-0.2, -0.15) is 5.10 Å². The van der Waals surface area contributed by atoms with E-state index in [-0.39, 0.29) is 5.41 Å². The third-order valence-corrected chi connectivity index (χ3v) is 5.60. The number of anilines is 1. The van der Waals surface area contributed by atoms with Crippen LogP contribution < -0.4 is 10.6 Å². The van der Waals surface area contributed by atoms with Crippen LogP contribution in [0.4, 0.5) is 5.69 Å². The average molecular weight is 349 g/mol. The molecule has 2 aromatic heterocycles. The summed E-state index contributed by atoms with van der Waals surface area (Å²) in [6.45, 7) is 7.30. The van der Waals surface area contributed by atoms with Gasteiger partial charge in [-0.05, 0) is 54.2 Å². The summed E-state index contributed by atoms with van der Waals surface area (Å²) < 4.78 is 0. The summed E-state index contributed by atoms with van der Waals surface area (Å²) in [7, 11) is 0. The minimum atomic E-state index is -0.0664. The SMILES string of the molecule is CC(C)(CN)c1cc(-c2ccnc3[nH]ncc23)cc(N2CCCCC2)c1. The van der Waals surface area contributed by atoms with Gasteiger partial charge in [0.15, 0.2) is 5.65 Å². The predicted molar refractivity (Wildman–Crippen MR) is 107 cm³/mol. The van der Waals surface area contributed by atoms with Crippen LogP contribution in [-0.2, 0) is 5.41 Å². The molecule has 0 amide bonds. The van der Waals surface area contributed by atoms with E-state index in [1.165, 1.54) is 36.1 Å². The number of hydrogen-bond donors (Lipinski definition) is 2. The number of fused-ring (bicyclic) bond motifs is 1. The first kappa shape index (κ1) is 17.0. The van der Waals surface area contributed by atoms with Crippen molar-refractivity contribution < 1.29 is 0 Å². The van der Waals surface area contributed by atoms with Gasteiger partial charge in [-0.25, -0.2) is 4.98 Å². The van der Waals surface area contributed by atoms with Crippen LogP contribution >= 0.6 is 0 Å². The third kappa shape index (κ3) is 3.07. The van der Waals surface area contributed by atoms with Crippen LogP contribution in [0.15, 0.2) is 36.7 Å². The Morgan fingerprint density at radius 3 is 2.73 bits per heavy atom. The number of nitrogens with one attached hydrogen (secondary N) is 1. The zero-order chi connectivity index (χ0) is 18.1. The van der Waals surface area contributed by atoms with Crippen LogP contribution in [0, 0.1) is 0 Å². The number of hydrogen-bond acceptors (Lipinski definition) is 4. The lowest BCUT2D eigenvalue weighted by Gasteiger charge is -2.32. The number of H-pyrrole nitrogens is 1. The maximum absolute atomic E-state index is 6.09. The predicted octanol–water partition coefficient (Wildman–Crippen LogP) is 3.85. The molecule has 3 aromatic rings. The highest BCUT2D eigenvalue weighted by molar-refractivity contribution is 5.92. The number of aromatic amines is 1. The molecule has 1 aromatic carbocycles. The molecular formula is C21H27N5. The van der Waals surface area contributed by atoms with E-state index in [1.54, 1.807) is 0 Å². The number of aromatic nitrogens is 3. The van der Waals surface area contributed by atoms with Gasteiger partial charge in [0.1, 0.15) is 0 Å². The third-order valence-electron chi connectivity index (χ3n) is 5.60. The lowest BCUT2D eigenvalue weighted by atomic mass is 9.82. The Morgan fingerprint density at radius 2 is 1.96 bits per heavy atom. The van der Waals surface area contributed by atoms with Crippen molar-refractivity contribution >= 4 is 16.7 Å². The summed E-state index contributed by atoms with van der Waals surface area (Å²) >= 11 is 0. The fourth-order valence-electron chi connectivity index (χ4n) is 3.71. The van der Waals surface area contributed by atoms with Gasteiger partial charge in [0.2, 0.25) is 0 Å². The lowest BCUT2D eigenvalue weighted by molar-refractivity contribution is 0.537. The molecule has 1 aliphatic heterocycles. The van der Waals surface area contributed by atoms with Crippen LogP contribution in [0.2, 0.25) is 0 Å². The number of nitrogens with zero attached hydrogens (tertiary/aromatic N) is 3. The van der Waals surface area contributed by atoms with Crippen LogP contribution in [0.25, 0.3) is 22.2 Å². The van der Waals surface area contributed by atoms with Crippen LogP contribution in [0.1, 0.15) is 38.7 Å². The smallest absolute Gasteiger partial charge is 0.155 e. The molecule has 3 heterocycles. The quantitative estimate of drug-likeness (QED) is 0.750. The number of piperidine rings is 1. The van der Waals surface area contributed by atoms with Crippen LogP contribution in [0.5, 0.6) is 0 Å². The first-order chi connectivity index (χ1) is 12.6. The van der Waals surface area contributed by atoms with Crippen molar-refractivity contribution in [2.45, 2.75) is 38.5 Å². The maximum atomic E-state index is 6.09. The van der Waals surface area contributed by atoms with Gasteiger partial charge in [0, 0.05) is 42.3 Å². The lowest BCUT2D eigenvalue weighted by Crippen LogP contribution is -2.31. The normalized spacial score (nSPS) is 15.6. The van der Waals surface area contributed by atoms with Crippen molar-refractivity contribution in [2.24, 2.45) is 5.73 Å².